The van der Waals surface area contributed by atoms with E-state index in [1.807, 2.05) is 66.5 Å². The lowest BCUT2D eigenvalue weighted by molar-refractivity contribution is -0.162. The fourth-order valence-electron chi connectivity index (χ4n) is 6.12. The third kappa shape index (κ3) is 5.98. The number of carbonyl (C=O) groups excluding carboxylic acids is 2. The molecule has 0 aromatic heterocycles. The zero-order valence-corrected chi connectivity index (χ0v) is 23.6. The zero-order valence-electron chi connectivity index (χ0n) is 23.6. The Morgan fingerprint density at radius 2 is 1.59 bits per heavy atom. The van der Waals surface area contributed by atoms with Gasteiger partial charge in [0, 0.05) is 25.6 Å². The number of likely N-dealkylation sites (N-methyl/N-ethyl adjacent to an activating group) is 1. The highest BCUT2D eigenvalue weighted by molar-refractivity contribution is 5.91. The fourth-order valence-corrected chi connectivity index (χ4v) is 6.12. The van der Waals surface area contributed by atoms with Crippen molar-refractivity contribution < 1.29 is 24.2 Å². The van der Waals surface area contributed by atoms with Gasteiger partial charge in [-0.1, -0.05) is 78.9 Å². The molecular weight excluding hydrogens is 518 g/mol. The Bertz CT molecular complexity index is 1370. The first-order chi connectivity index (χ1) is 19.8. The average Bonchev–Trinajstić information content (AvgIpc) is 3.29. The summed E-state index contributed by atoms with van der Waals surface area (Å²) in [7, 11) is 1.87. The minimum atomic E-state index is -1.32. The van der Waals surface area contributed by atoms with Crippen molar-refractivity contribution in [3.05, 3.63) is 95.6 Å². The molecule has 2 unspecified atom stereocenters. The largest absolute Gasteiger partial charge is 0.480 e. The van der Waals surface area contributed by atoms with E-state index in [1.165, 1.54) is 4.90 Å². The molecule has 1 saturated heterocycles. The number of nitrogens with zero attached hydrogens (tertiary/aromatic N) is 2. The van der Waals surface area contributed by atoms with E-state index in [2.05, 4.69) is 29.6 Å². The molecule has 41 heavy (non-hydrogen) atoms. The Morgan fingerprint density at radius 3 is 2.22 bits per heavy atom. The SMILES string of the molecule is CN(Cc1ccccc1)CC(NC(=O)OCC1c2ccccc2-c2ccccc21)C(=O)N1CCCCC1(C)C(=O)O. The predicted octanol–water partition coefficient (Wildman–Crippen LogP) is 4.88. The highest BCUT2D eigenvalue weighted by atomic mass is 16.5. The van der Waals surface area contributed by atoms with Crippen molar-refractivity contribution in [1.82, 2.24) is 15.1 Å². The number of carboxylic acid groups (broad SMARTS) is 1. The molecule has 2 atom stereocenters. The molecule has 3 aromatic rings. The van der Waals surface area contributed by atoms with Gasteiger partial charge >= 0.3 is 12.1 Å². The summed E-state index contributed by atoms with van der Waals surface area (Å²) in [6.07, 6.45) is 1.11. The van der Waals surface area contributed by atoms with E-state index in [0.717, 1.165) is 34.2 Å². The number of amides is 2. The summed E-state index contributed by atoms with van der Waals surface area (Å²) in [6.45, 7) is 2.80. The van der Waals surface area contributed by atoms with Gasteiger partial charge in [0.05, 0.1) is 0 Å². The Labute approximate surface area is 240 Å². The number of alkyl carbamates (subject to hydrolysis) is 1. The van der Waals surface area contributed by atoms with Crippen molar-refractivity contribution in [1.29, 1.82) is 0 Å². The van der Waals surface area contributed by atoms with Gasteiger partial charge < -0.3 is 20.1 Å². The summed E-state index contributed by atoms with van der Waals surface area (Å²) in [5.41, 5.74) is 4.20. The fraction of sp³-hybridized carbons (Fsp3) is 0.364. The van der Waals surface area contributed by atoms with Crippen LogP contribution < -0.4 is 5.32 Å². The van der Waals surface area contributed by atoms with Crippen LogP contribution in [-0.2, 0) is 20.9 Å². The smallest absolute Gasteiger partial charge is 0.407 e. The van der Waals surface area contributed by atoms with E-state index in [-0.39, 0.29) is 19.1 Å². The van der Waals surface area contributed by atoms with Crippen LogP contribution in [0.4, 0.5) is 4.79 Å². The number of nitrogens with one attached hydrogen (secondary N) is 1. The number of carbonyl (C=O) groups is 3. The van der Waals surface area contributed by atoms with Gasteiger partial charge in [-0.2, -0.15) is 0 Å². The molecule has 1 aliphatic carbocycles. The van der Waals surface area contributed by atoms with Gasteiger partial charge in [0.1, 0.15) is 18.2 Å². The number of aliphatic carboxylic acids is 1. The summed E-state index contributed by atoms with van der Waals surface area (Å²) >= 11 is 0. The maximum atomic E-state index is 13.9. The molecule has 0 radical (unpaired) electrons. The molecule has 0 spiro atoms. The van der Waals surface area contributed by atoms with Crippen LogP contribution in [0.5, 0.6) is 0 Å². The number of hydrogen-bond acceptors (Lipinski definition) is 5. The molecule has 1 aliphatic heterocycles. The third-order valence-corrected chi connectivity index (χ3v) is 8.34. The van der Waals surface area contributed by atoms with Crippen molar-refractivity contribution in [2.45, 2.75) is 50.2 Å². The molecule has 214 valence electrons. The average molecular weight is 556 g/mol. The standard InChI is InChI=1S/C33H37N3O5/c1-33(31(38)39)18-10-11-19-36(33)30(37)29(21-35(2)20-23-12-4-3-5-13-23)34-32(40)41-22-28-26-16-8-6-14-24(26)25-15-7-9-17-27(25)28/h3-9,12-17,28-29H,10-11,18-22H2,1-2H3,(H,34,40)(H,38,39). The molecular formula is C33H37N3O5. The molecule has 8 nitrogen and oxygen atoms in total. The number of rotatable bonds is 9. The second-order valence-electron chi connectivity index (χ2n) is 11.2. The van der Waals surface area contributed by atoms with Crippen LogP contribution in [0.3, 0.4) is 0 Å². The number of likely N-dealkylation sites (tertiary alicyclic amines) is 1. The van der Waals surface area contributed by atoms with Crippen molar-refractivity contribution in [3.8, 4) is 11.1 Å². The highest BCUT2D eigenvalue weighted by Gasteiger charge is 2.46. The van der Waals surface area contributed by atoms with E-state index in [4.69, 9.17) is 4.74 Å². The lowest BCUT2D eigenvalue weighted by atomic mass is 9.87. The van der Waals surface area contributed by atoms with Gasteiger partial charge in [-0.25, -0.2) is 9.59 Å². The number of carboxylic acids is 1. The molecule has 5 rings (SSSR count). The Kier molecular flexibility index (Phi) is 8.40. The maximum Gasteiger partial charge on any atom is 0.407 e. The van der Waals surface area contributed by atoms with Crippen molar-refractivity contribution >= 4 is 18.0 Å². The summed E-state index contributed by atoms with van der Waals surface area (Å²) in [4.78, 5) is 42.7. The lowest BCUT2D eigenvalue weighted by Crippen LogP contribution is -2.63. The van der Waals surface area contributed by atoms with Crippen LogP contribution in [0.15, 0.2) is 78.9 Å². The normalized spacial score (nSPS) is 18.9. The summed E-state index contributed by atoms with van der Waals surface area (Å²) in [5, 5.41) is 12.8. The van der Waals surface area contributed by atoms with Gasteiger partial charge in [0.2, 0.25) is 5.91 Å². The second kappa shape index (κ2) is 12.1. The number of ether oxygens (including phenoxy) is 1. The molecule has 0 saturated carbocycles. The number of fused-ring (bicyclic) bond motifs is 3. The molecule has 3 aromatic carbocycles. The maximum absolute atomic E-state index is 13.9. The minimum absolute atomic E-state index is 0.111. The number of piperidine rings is 1. The first-order valence-corrected chi connectivity index (χ1v) is 14.2. The molecule has 8 heteroatoms. The zero-order chi connectivity index (χ0) is 29.0. The van der Waals surface area contributed by atoms with Crippen molar-refractivity contribution in [3.63, 3.8) is 0 Å². The van der Waals surface area contributed by atoms with E-state index in [1.54, 1.807) is 6.92 Å². The monoisotopic (exact) mass is 555 g/mol. The Morgan fingerprint density at radius 1 is 0.976 bits per heavy atom. The van der Waals surface area contributed by atoms with Gasteiger partial charge in [-0.15, -0.1) is 0 Å². The van der Waals surface area contributed by atoms with Crippen LogP contribution in [0.2, 0.25) is 0 Å². The second-order valence-corrected chi connectivity index (χ2v) is 11.2. The van der Waals surface area contributed by atoms with E-state index in [9.17, 15) is 19.5 Å². The first-order valence-electron chi connectivity index (χ1n) is 14.2. The minimum Gasteiger partial charge on any atom is -0.480 e. The summed E-state index contributed by atoms with van der Waals surface area (Å²) in [6, 6.07) is 25.1. The predicted molar refractivity (Wildman–Crippen MR) is 156 cm³/mol. The van der Waals surface area contributed by atoms with E-state index in [0.29, 0.717) is 25.9 Å². The van der Waals surface area contributed by atoms with Gasteiger partial charge in [-0.05, 0) is 61.1 Å². The summed E-state index contributed by atoms with van der Waals surface area (Å²) in [5.74, 6) is -1.56. The van der Waals surface area contributed by atoms with Gasteiger partial charge in [0.15, 0.2) is 0 Å². The molecule has 2 amide bonds. The molecule has 1 heterocycles. The number of hydrogen-bond donors (Lipinski definition) is 2. The molecule has 1 fully saturated rings. The summed E-state index contributed by atoms with van der Waals surface area (Å²) < 4.78 is 5.75. The Balaban J connectivity index is 1.32. The molecule has 2 aliphatic rings. The van der Waals surface area contributed by atoms with Crippen LogP contribution in [-0.4, -0.2) is 71.2 Å². The van der Waals surface area contributed by atoms with Crippen LogP contribution in [0.25, 0.3) is 11.1 Å². The van der Waals surface area contributed by atoms with Gasteiger partial charge in [-0.3, -0.25) is 9.69 Å². The van der Waals surface area contributed by atoms with Crippen LogP contribution >= 0.6 is 0 Å². The lowest BCUT2D eigenvalue weighted by Gasteiger charge is -2.43. The van der Waals surface area contributed by atoms with Crippen molar-refractivity contribution in [2.24, 2.45) is 0 Å². The van der Waals surface area contributed by atoms with E-state index < -0.39 is 29.6 Å². The first kappa shape index (κ1) is 28.4. The highest BCUT2D eigenvalue weighted by Crippen LogP contribution is 2.44. The topological polar surface area (TPSA) is 99.2 Å². The molecule has 0 bridgehead atoms. The third-order valence-electron chi connectivity index (χ3n) is 8.34. The van der Waals surface area contributed by atoms with Crippen LogP contribution in [0, 0.1) is 0 Å². The van der Waals surface area contributed by atoms with E-state index >= 15 is 0 Å². The quantitative estimate of drug-likeness (QED) is 0.391. The molecule has 2 N–H and O–H groups in total. The van der Waals surface area contributed by atoms with Gasteiger partial charge in [0.25, 0.3) is 0 Å². The van der Waals surface area contributed by atoms with Crippen LogP contribution in [0.1, 0.15) is 48.8 Å². The van der Waals surface area contributed by atoms with Crippen molar-refractivity contribution in [2.75, 3.05) is 26.7 Å². The Hall–Kier alpha value is -4.17. The number of benzene rings is 3.